The van der Waals surface area contributed by atoms with Crippen molar-refractivity contribution >= 4 is 5.69 Å². The molecule has 106 valence electrons. The van der Waals surface area contributed by atoms with Gasteiger partial charge in [0.2, 0.25) is 0 Å². The Labute approximate surface area is 112 Å². The Morgan fingerprint density at radius 3 is 2.21 bits per heavy atom. The van der Waals surface area contributed by atoms with Crippen molar-refractivity contribution < 1.29 is 13.5 Å². The lowest BCUT2D eigenvalue weighted by Gasteiger charge is -2.37. The largest absolute Gasteiger partial charge is 0.372 e. The molecular formula is C14H20F2N2O. The van der Waals surface area contributed by atoms with Crippen LogP contribution in [0, 0.1) is 11.6 Å². The zero-order valence-electron chi connectivity index (χ0n) is 11.3. The maximum Gasteiger partial charge on any atom is 0.149 e. The van der Waals surface area contributed by atoms with Gasteiger partial charge < -0.3 is 15.4 Å². The van der Waals surface area contributed by atoms with E-state index in [2.05, 4.69) is 0 Å². The molecule has 3 nitrogen and oxygen atoms in total. The third-order valence-electron chi connectivity index (χ3n) is 3.25. The summed E-state index contributed by atoms with van der Waals surface area (Å²) in [5.74, 6) is -1.05. The highest BCUT2D eigenvalue weighted by Crippen LogP contribution is 2.28. The van der Waals surface area contributed by atoms with E-state index in [4.69, 9.17) is 10.5 Å². The van der Waals surface area contributed by atoms with Crippen molar-refractivity contribution in [2.24, 2.45) is 5.73 Å². The molecule has 2 rings (SSSR count). The summed E-state index contributed by atoms with van der Waals surface area (Å²) >= 11 is 0. The van der Waals surface area contributed by atoms with Crippen LogP contribution in [0.2, 0.25) is 0 Å². The van der Waals surface area contributed by atoms with Gasteiger partial charge in [-0.25, -0.2) is 8.78 Å². The van der Waals surface area contributed by atoms with Gasteiger partial charge in [0, 0.05) is 13.1 Å². The first-order valence-corrected chi connectivity index (χ1v) is 6.59. The molecule has 1 fully saturated rings. The number of hydrogen-bond donors (Lipinski definition) is 1. The minimum atomic E-state index is -0.523. The quantitative estimate of drug-likeness (QED) is 0.914. The lowest BCUT2D eigenvalue weighted by Crippen LogP contribution is -2.46. The predicted molar refractivity (Wildman–Crippen MR) is 71.3 cm³/mol. The van der Waals surface area contributed by atoms with E-state index in [1.54, 1.807) is 4.90 Å². The van der Waals surface area contributed by atoms with Gasteiger partial charge in [0.15, 0.2) is 0 Å². The van der Waals surface area contributed by atoms with Crippen LogP contribution in [0.1, 0.15) is 19.4 Å². The molecule has 1 heterocycles. The van der Waals surface area contributed by atoms with Crippen molar-refractivity contribution in [1.82, 2.24) is 0 Å². The Morgan fingerprint density at radius 1 is 1.21 bits per heavy atom. The molecule has 0 saturated carbocycles. The maximum absolute atomic E-state index is 14.1. The highest BCUT2D eigenvalue weighted by Gasteiger charge is 2.26. The number of halogens is 2. The zero-order chi connectivity index (χ0) is 14.0. The second-order valence-corrected chi connectivity index (χ2v) is 5.11. The highest BCUT2D eigenvalue weighted by molar-refractivity contribution is 5.51. The van der Waals surface area contributed by atoms with Gasteiger partial charge in [-0.1, -0.05) is 0 Å². The van der Waals surface area contributed by atoms with Gasteiger partial charge in [-0.3, -0.25) is 0 Å². The molecule has 0 radical (unpaired) electrons. The van der Waals surface area contributed by atoms with Crippen LogP contribution < -0.4 is 10.6 Å². The van der Waals surface area contributed by atoms with Gasteiger partial charge in [0.25, 0.3) is 0 Å². The molecule has 0 unspecified atom stereocenters. The molecule has 1 aromatic rings. The second-order valence-electron chi connectivity index (χ2n) is 5.11. The van der Waals surface area contributed by atoms with E-state index in [-0.39, 0.29) is 17.9 Å². The molecule has 0 aromatic heterocycles. The fourth-order valence-electron chi connectivity index (χ4n) is 2.59. The minimum Gasteiger partial charge on any atom is -0.372 e. The molecule has 1 aliphatic rings. The summed E-state index contributed by atoms with van der Waals surface area (Å²) in [5.41, 5.74) is 6.04. The molecule has 19 heavy (non-hydrogen) atoms. The standard InChI is InChI=1S/C14H20F2N2O/c1-9-7-18(8-10(2)19-9)14-12(15)5-11(3-4-17)6-13(14)16/h5-6,9-10H,3-4,7-8,17H2,1-2H3/t9-,10+. The monoisotopic (exact) mass is 270 g/mol. The Balaban J connectivity index is 2.29. The number of nitrogens with two attached hydrogens (primary N) is 1. The van der Waals surface area contributed by atoms with Crippen molar-refractivity contribution in [1.29, 1.82) is 0 Å². The number of ether oxygens (including phenoxy) is 1. The third-order valence-corrected chi connectivity index (χ3v) is 3.25. The van der Waals surface area contributed by atoms with Crippen LogP contribution in [0.25, 0.3) is 0 Å². The molecule has 1 aromatic carbocycles. The summed E-state index contributed by atoms with van der Waals surface area (Å²) in [6.07, 6.45) is 0.405. The summed E-state index contributed by atoms with van der Waals surface area (Å²) in [6, 6.07) is 2.74. The number of rotatable bonds is 3. The molecule has 2 atom stereocenters. The topological polar surface area (TPSA) is 38.5 Å². The molecular weight excluding hydrogens is 250 g/mol. The van der Waals surface area contributed by atoms with Crippen molar-refractivity contribution in [3.63, 3.8) is 0 Å². The van der Waals surface area contributed by atoms with E-state index in [0.29, 0.717) is 31.6 Å². The molecule has 0 bridgehead atoms. The second kappa shape index (κ2) is 5.84. The zero-order valence-corrected chi connectivity index (χ0v) is 11.3. The smallest absolute Gasteiger partial charge is 0.149 e. The van der Waals surface area contributed by atoms with Crippen molar-refractivity contribution in [2.75, 3.05) is 24.5 Å². The Hall–Kier alpha value is -1.20. The van der Waals surface area contributed by atoms with Crippen LogP contribution in [0.15, 0.2) is 12.1 Å². The molecule has 0 spiro atoms. The van der Waals surface area contributed by atoms with E-state index in [1.165, 1.54) is 12.1 Å². The minimum absolute atomic E-state index is 0.0359. The fraction of sp³-hybridized carbons (Fsp3) is 0.571. The Morgan fingerprint density at radius 2 is 1.74 bits per heavy atom. The van der Waals surface area contributed by atoms with E-state index in [9.17, 15) is 8.78 Å². The molecule has 0 aliphatic carbocycles. The number of morpholine rings is 1. The van der Waals surface area contributed by atoms with Gasteiger partial charge in [-0.05, 0) is 44.5 Å². The maximum atomic E-state index is 14.1. The van der Waals surface area contributed by atoms with Crippen LogP contribution in [0.5, 0.6) is 0 Å². The highest BCUT2D eigenvalue weighted by atomic mass is 19.1. The normalized spacial score (nSPS) is 23.7. The van der Waals surface area contributed by atoms with E-state index in [1.807, 2.05) is 13.8 Å². The summed E-state index contributed by atoms with van der Waals surface area (Å²) in [6.45, 7) is 5.18. The summed E-state index contributed by atoms with van der Waals surface area (Å²) < 4.78 is 33.8. The van der Waals surface area contributed by atoms with Crippen molar-refractivity contribution in [2.45, 2.75) is 32.5 Å². The van der Waals surface area contributed by atoms with E-state index < -0.39 is 11.6 Å². The molecule has 1 aliphatic heterocycles. The van der Waals surface area contributed by atoms with Crippen molar-refractivity contribution in [3.8, 4) is 0 Å². The van der Waals surface area contributed by atoms with E-state index >= 15 is 0 Å². The summed E-state index contributed by atoms with van der Waals surface area (Å²) in [7, 11) is 0. The van der Waals surface area contributed by atoms with Crippen molar-refractivity contribution in [3.05, 3.63) is 29.3 Å². The van der Waals surface area contributed by atoms with Gasteiger partial charge >= 0.3 is 0 Å². The van der Waals surface area contributed by atoms with Gasteiger partial charge in [0.05, 0.1) is 12.2 Å². The lowest BCUT2D eigenvalue weighted by atomic mass is 10.1. The Kier molecular flexibility index (Phi) is 4.37. The predicted octanol–water partition coefficient (Wildman–Crippen LogP) is 2.08. The van der Waals surface area contributed by atoms with E-state index in [0.717, 1.165) is 0 Å². The Bertz CT molecular complexity index is 420. The van der Waals surface area contributed by atoms with Crippen LogP contribution in [-0.4, -0.2) is 31.8 Å². The van der Waals surface area contributed by atoms with Gasteiger partial charge in [-0.15, -0.1) is 0 Å². The first-order valence-electron chi connectivity index (χ1n) is 6.59. The fourth-order valence-corrected chi connectivity index (χ4v) is 2.59. The third kappa shape index (κ3) is 3.22. The van der Waals surface area contributed by atoms with Gasteiger partial charge in [-0.2, -0.15) is 0 Å². The number of nitrogens with zero attached hydrogens (tertiary/aromatic N) is 1. The molecule has 0 amide bonds. The summed E-state index contributed by atoms with van der Waals surface area (Å²) in [4.78, 5) is 1.72. The first kappa shape index (κ1) is 14.2. The summed E-state index contributed by atoms with van der Waals surface area (Å²) in [5, 5.41) is 0. The average Bonchev–Trinajstić information content (AvgIpc) is 2.26. The number of hydrogen-bond acceptors (Lipinski definition) is 3. The van der Waals surface area contributed by atoms with Gasteiger partial charge in [0.1, 0.15) is 17.3 Å². The van der Waals surface area contributed by atoms with Crippen LogP contribution >= 0.6 is 0 Å². The van der Waals surface area contributed by atoms with Crippen LogP contribution in [0.3, 0.4) is 0 Å². The first-order chi connectivity index (χ1) is 9.01. The van der Waals surface area contributed by atoms with Crippen LogP contribution in [-0.2, 0) is 11.2 Å². The average molecular weight is 270 g/mol. The SMILES string of the molecule is C[C@@H]1CN(c2c(F)cc(CCN)cc2F)C[C@H](C)O1. The molecule has 5 heteroatoms. The molecule has 1 saturated heterocycles. The van der Waals surface area contributed by atoms with Crippen LogP contribution in [0.4, 0.5) is 14.5 Å². The lowest BCUT2D eigenvalue weighted by molar-refractivity contribution is -0.00558. The number of anilines is 1. The number of benzene rings is 1. The molecule has 2 N–H and O–H groups in total.